The smallest absolute Gasteiger partial charge is 0.416 e. The maximum absolute atomic E-state index is 13.3. The molecule has 0 radical (unpaired) electrons. The molecule has 0 amide bonds. The molecule has 6 nitrogen and oxygen atoms in total. The first kappa shape index (κ1) is 23.1. The topological polar surface area (TPSA) is 73.9 Å². The summed E-state index contributed by atoms with van der Waals surface area (Å²) >= 11 is -2.09. The lowest BCUT2D eigenvalue weighted by Crippen LogP contribution is -2.31. The minimum atomic E-state index is -4.58. The van der Waals surface area contributed by atoms with Crippen LogP contribution in [0, 0.1) is 0 Å². The number of rotatable bonds is 6. The number of esters is 1. The fraction of sp³-hybridized carbons (Fsp3) is 0.381. The number of carbonyl (C=O) groups excluding carboxylic acids is 1. The number of ether oxygens (including phenoxy) is 2. The summed E-state index contributed by atoms with van der Waals surface area (Å²) in [5.74, 6) is -0.296. The lowest BCUT2D eigenvalue weighted by Gasteiger charge is -2.30. The summed E-state index contributed by atoms with van der Waals surface area (Å²) < 4.78 is 65.8. The molecule has 0 bridgehead atoms. The molecule has 2 aromatic rings. The van der Waals surface area contributed by atoms with Crippen molar-refractivity contribution in [3.8, 4) is 5.75 Å². The third-order valence-corrected chi connectivity index (χ3v) is 6.15. The van der Waals surface area contributed by atoms with E-state index in [1.54, 1.807) is 0 Å². The summed E-state index contributed by atoms with van der Waals surface area (Å²) in [6, 6.07) is 7.65. The van der Waals surface area contributed by atoms with Gasteiger partial charge in [-0.05, 0) is 43.5 Å². The van der Waals surface area contributed by atoms with E-state index in [-0.39, 0.29) is 16.1 Å². The second-order valence-corrected chi connectivity index (χ2v) is 8.18. The molecule has 0 saturated carbocycles. The molecule has 31 heavy (non-hydrogen) atoms. The Bertz CT molecular complexity index is 933. The van der Waals surface area contributed by atoms with Crippen LogP contribution in [0.4, 0.5) is 24.5 Å². The van der Waals surface area contributed by atoms with Crippen molar-refractivity contribution in [2.75, 3.05) is 36.9 Å². The standard InChI is InChI=1S/C21H23F3N2O4S/c1-29-15-7-8-16(20(27)30-2)17(13-15)25-31(28)19-12-14(21(22,23)24)6-9-18(19)26-10-4-3-5-11-26/h6-9,12-13,25H,3-5,10-11H2,1-2H3. The average Bonchev–Trinajstić information content (AvgIpc) is 2.78. The van der Waals surface area contributed by atoms with Crippen molar-refractivity contribution in [3.05, 3.63) is 47.5 Å². The molecule has 1 fully saturated rings. The maximum Gasteiger partial charge on any atom is 0.416 e. The third-order valence-electron chi connectivity index (χ3n) is 5.02. The number of hydrogen-bond donors (Lipinski definition) is 1. The zero-order valence-electron chi connectivity index (χ0n) is 17.1. The molecule has 168 valence electrons. The fourth-order valence-corrected chi connectivity index (χ4v) is 4.51. The Hall–Kier alpha value is -2.59. The van der Waals surface area contributed by atoms with Gasteiger partial charge in [0.15, 0.2) is 0 Å². The number of carbonyl (C=O) groups is 1. The molecular weight excluding hydrogens is 433 g/mol. The summed E-state index contributed by atoms with van der Waals surface area (Å²) in [5.41, 5.74) is -0.201. The first-order valence-electron chi connectivity index (χ1n) is 9.65. The van der Waals surface area contributed by atoms with Crippen LogP contribution in [0.25, 0.3) is 0 Å². The van der Waals surface area contributed by atoms with Gasteiger partial charge in [-0.25, -0.2) is 9.52 Å². The van der Waals surface area contributed by atoms with Crippen molar-refractivity contribution in [2.24, 2.45) is 0 Å². The van der Waals surface area contributed by atoms with Gasteiger partial charge in [-0.1, -0.05) is 0 Å². The molecule has 10 heteroatoms. The SMILES string of the molecule is COC(=O)c1ccc(OC)cc1N[S+]([O-])c1cc(C(F)(F)F)ccc1N1CCCCC1. The van der Waals surface area contributed by atoms with Gasteiger partial charge in [0.25, 0.3) is 0 Å². The Labute approximate surface area is 181 Å². The number of nitrogens with zero attached hydrogens (tertiary/aromatic N) is 1. The van der Waals surface area contributed by atoms with E-state index in [1.165, 1.54) is 38.5 Å². The number of benzene rings is 2. The van der Waals surface area contributed by atoms with Gasteiger partial charge in [0, 0.05) is 25.2 Å². The molecule has 0 aromatic heterocycles. The van der Waals surface area contributed by atoms with Crippen molar-refractivity contribution < 1.29 is 32.0 Å². The minimum absolute atomic E-state index is 0.00430. The summed E-state index contributed by atoms with van der Waals surface area (Å²) in [6.45, 7) is 1.34. The normalized spacial score (nSPS) is 15.4. The Balaban J connectivity index is 2.01. The molecule has 1 N–H and O–H groups in total. The van der Waals surface area contributed by atoms with Gasteiger partial charge in [0.2, 0.25) is 4.90 Å². The zero-order chi connectivity index (χ0) is 22.6. The van der Waals surface area contributed by atoms with Crippen LogP contribution in [0.1, 0.15) is 35.2 Å². The van der Waals surface area contributed by atoms with E-state index in [0.717, 1.165) is 31.4 Å². The highest BCUT2D eigenvalue weighted by Gasteiger charge is 2.34. The van der Waals surface area contributed by atoms with Gasteiger partial charge in [0.1, 0.15) is 22.8 Å². The highest BCUT2D eigenvalue weighted by Crippen LogP contribution is 2.37. The molecular formula is C21H23F3N2O4S. The van der Waals surface area contributed by atoms with Gasteiger partial charge in [-0.15, -0.1) is 0 Å². The molecule has 1 aliphatic heterocycles. The van der Waals surface area contributed by atoms with Crippen molar-refractivity contribution in [1.29, 1.82) is 0 Å². The Kier molecular flexibility index (Phi) is 7.22. The summed E-state index contributed by atoms with van der Waals surface area (Å²) in [5, 5.41) is 0. The van der Waals surface area contributed by atoms with Gasteiger partial charge in [-0.2, -0.15) is 13.2 Å². The van der Waals surface area contributed by atoms with Crippen LogP contribution in [0.5, 0.6) is 5.75 Å². The predicted octanol–water partition coefficient (Wildman–Crippen LogP) is 4.63. The van der Waals surface area contributed by atoms with Gasteiger partial charge < -0.3 is 18.9 Å². The number of methoxy groups -OCH3 is 2. The van der Waals surface area contributed by atoms with Crippen molar-refractivity contribution in [2.45, 2.75) is 30.3 Å². The fourth-order valence-electron chi connectivity index (χ4n) is 3.41. The van der Waals surface area contributed by atoms with E-state index in [2.05, 4.69) is 4.72 Å². The molecule has 1 unspecified atom stereocenters. The number of alkyl halides is 3. The number of anilines is 2. The molecule has 3 rings (SSSR count). The lowest BCUT2D eigenvalue weighted by atomic mass is 10.1. The number of piperidine rings is 1. The first-order chi connectivity index (χ1) is 14.7. The predicted molar refractivity (Wildman–Crippen MR) is 112 cm³/mol. The van der Waals surface area contributed by atoms with Crippen LogP contribution in [0.3, 0.4) is 0 Å². The molecule has 1 atom stereocenters. The highest BCUT2D eigenvalue weighted by molar-refractivity contribution is 7.92. The van der Waals surface area contributed by atoms with E-state index in [1.807, 2.05) is 4.90 Å². The van der Waals surface area contributed by atoms with Crippen molar-refractivity contribution >= 4 is 28.7 Å². The third kappa shape index (κ3) is 5.37. The van der Waals surface area contributed by atoms with Crippen molar-refractivity contribution in [1.82, 2.24) is 0 Å². The quantitative estimate of drug-likeness (QED) is 0.505. The van der Waals surface area contributed by atoms with Crippen LogP contribution in [0.15, 0.2) is 41.3 Å². The average molecular weight is 456 g/mol. The highest BCUT2D eigenvalue weighted by atomic mass is 32.2. The second-order valence-electron chi connectivity index (χ2n) is 7.00. The van der Waals surface area contributed by atoms with E-state index >= 15 is 0 Å². The van der Waals surface area contributed by atoms with E-state index in [4.69, 9.17) is 9.47 Å². The molecule has 2 aromatic carbocycles. The van der Waals surface area contributed by atoms with Crippen LogP contribution >= 0.6 is 0 Å². The Morgan fingerprint density at radius 2 is 1.81 bits per heavy atom. The zero-order valence-corrected chi connectivity index (χ0v) is 17.9. The monoisotopic (exact) mass is 456 g/mol. The number of halogens is 3. The van der Waals surface area contributed by atoms with Gasteiger partial charge >= 0.3 is 12.1 Å². The van der Waals surface area contributed by atoms with E-state index in [0.29, 0.717) is 24.5 Å². The van der Waals surface area contributed by atoms with E-state index < -0.39 is 29.1 Å². The minimum Gasteiger partial charge on any atom is -0.588 e. The van der Waals surface area contributed by atoms with Crippen LogP contribution < -0.4 is 14.4 Å². The summed E-state index contributed by atoms with van der Waals surface area (Å²) in [4.78, 5) is 14.0. The van der Waals surface area contributed by atoms with Gasteiger partial charge in [0.05, 0.1) is 31.0 Å². The second kappa shape index (κ2) is 9.69. The molecule has 1 aliphatic rings. The number of nitrogens with one attached hydrogen (secondary N) is 1. The van der Waals surface area contributed by atoms with Crippen LogP contribution in [0.2, 0.25) is 0 Å². The molecule has 0 spiro atoms. The molecule has 1 saturated heterocycles. The van der Waals surface area contributed by atoms with Crippen LogP contribution in [-0.4, -0.2) is 37.8 Å². The van der Waals surface area contributed by atoms with Gasteiger partial charge in [-0.3, -0.25) is 0 Å². The van der Waals surface area contributed by atoms with E-state index in [9.17, 15) is 22.5 Å². The maximum atomic E-state index is 13.3. The summed E-state index contributed by atoms with van der Waals surface area (Å²) in [7, 11) is 2.63. The van der Waals surface area contributed by atoms with Crippen LogP contribution in [-0.2, 0) is 22.3 Å². The Morgan fingerprint density at radius 3 is 2.42 bits per heavy atom. The largest absolute Gasteiger partial charge is 0.588 e. The number of hydrogen-bond acceptors (Lipinski definition) is 6. The summed E-state index contributed by atoms with van der Waals surface area (Å²) in [6.07, 6.45) is -1.72. The lowest BCUT2D eigenvalue weighted by molar-refractivity contribution is -0.137. The molecule has 1 heterocycles. The Morgan fingerprint density at radius 1 is 1.10 bits per heavy atom. The first-order valence-corrected chi connectivity index (χ1v) is 10.8. The molecule has 0 aliphatic carbocycles. The van der Waals surface area contributed by atoms with Crippen molar-refractivity contribution in [3.63, 3.8) is 0 Å².